The fourth-order valence-electron chi connectivity index (χ4n) is 2.34. The molecule has 18 heavy (non-hydrogen) atoms. The van der Waals surface area contributed by atoms with Crippen LogP contribution in [0.1, 0.15) is 43.0 Å². The van der Waals surface area contributed by atoms with E-state index >= 15 is 0 Å². The zero-order valence-electron chi connectivity index (χ0n) is 10.2. The van der Waals surface area contributed by atoms with Crippen LogP contribution in [-0.2, 0) is 4.79 Å². The lowest BCUT2D eigenvalue weighted by Crippen LogP contribution is -2.38. The number of rotatable bonds is 3. The predicted octanol–water partition coefficient (Wildman–Crippen LogP) is 4.18. The molecule has 1 amide bonds. The van der Waals surface area contributed by atoms with Crippen molar-refractivity contribution < 1.29 is 4.79 Å². The van der Waals surface area contributed by atoms with Gasteiger partial charge in [-0.1, -0.05) is 47.3 Å². The second-order valence-corrected chi connectivity index (χ2v) is 6.11. The molecule has 1 N–H and O–H groups in total. The number of amides is 1. The van der Waals surface area contributed by atoms with E-state index in [1.54, 1.807) is 0 Å². The molecule has 4 heteroatoms. The maximum absolute atomic E-state index is 12.1. The van der Waals surface area contributed by atoms with Gasteiger partial charge in [0.1, 0.15) is 5.38 Å². The Balaban J connectivity index is 1.95. The van der Waals surface area contributed by atoms with E-state index in [-0.39, 0.29) is 5.91 Å². The first kappa shape index (κ1) is 13.9. The molecule has 1 aromatic carbocycles. The molecule has 1 unspecified atom stereocenters. The number of carbonyl (C=O) groups excluding carboxylic acids is 1. The lowest BCUT2D eigenvalue weighted by molar-refractivity contribution is -0.121. The Kier molecular flexibility index (Phi) is 5.07. The van der Waals surface area contributed by atoms with Crippen molar-refractivity contribution in [3.63, 3.8) is 0 Å². The maximum Gasteiger partial charge on any atom is 0.242 e. The third-order valence-electron chi connectivity index (χ3n) is 3.32. The third-order valence-corrected chi connectivity index (χ3v) is 4.27. The number of nitrogens with one attached hydrogen (secondary N) is 1. The van der Waals surface area contributed by atoms with E-state index in [0.717, 1.165) is 22.9 Å². The minimum Gasteiger partial charge on any atom is -0.352 e. The van der Waals surface area contributed by atoms with E-state index < -0.39 is 5.38 Å². The van der Waals surface area contributed by atoms with Crippen molar-refractivity contribution in [1.29, 1.82) is 0 Å². The molecule has 1 atom stereocenters. The molecule has 1 aliphatic carbocycles. The maximum atomic E-state index is 12.1. The van der Waals surface area contributed by atoms with Crippen molar-refractivity contribution >= 4 is 33.4 Å². The van der Waals surface area contributed by atoms with Crippen LogP contribution in [0.15, 0.2) is 28.7 Å². The molecule has 0 aliphatic heterocycles. The zero-order valence-corrected chi connectivity index (χ0v) is 12.5. The summed E-state index contributed by atoms with van der Waals surface area (Å²) in [7, 11) is 0. The van der Waals surface area contributed by atoms with Crippen molar-refractivity contribution in [3.05, 3.63) is 34.3 Å². The number of alkyl halides is 1. The van der Waals surface area contributed by atoms with Gasteiger partial charge in [-0.25, -0.2) is 0 Å². The van der Waals surface area contributed by atoms with Crippen LogP contribution in [0.4, 0.5) is 0 Å². The average molecular weight is 331 g/mol. The minimum absolute atomic E-state index is 0.0818. The highest BCUT2D eigenvalue weighted by Gasteiger charge is 2.22. The molecule has 0 saturated heterocycles. The molecule has 1 aromatic rings. The molecular weight excluding hydrogens is 314 g/mol. The SMILES string of the molecule is O=C(NC1CCCCC1)C(Cl)c1cccc(Br)c1. The predicted molar refractivity (Wildman–Crippen MR) is 77.8 cm³/mol. The van der Waals surface area contributed by atoms with Crippen molar-refractivity contribution in [1.82, 2.24) is 5.32 Å². The molecular formula is C14H17BrClNO. The van der Waals surface area contributed by atoms with Gasteiger partial charge in [-0.3, -0.25) is 4.79 Å². The topological polar surface area (TPSA) is 29.1 Å². The van der Waals surface area contributed by atoms with Gasteiger partial charge in [-0.2, -0.15) is 0 Å². The van der Waals surface area contributed by atoms with E-state index in [1.807, 2.05) is 24.3 Å². The molecule has 1 saturated carbocycles. The molecule has 0 radical (unpaired) electrons. The van der Waals surface area contributed by atoms with E-state index in [4.69, 9.17) is 11.6 Å². The smallest absolute Gasteiger partial charge is 0.242 e. The van der Waals surface area contributed by atoms with Crippen molar-refractivity contribution in [3.8, 4) is 0 Å². The zero-order chi connectivity index (χ0) is 13.0. The van der Waals surface area contributed by atoms with E-state index in [2.05, 4.69) is 21.2 Å². The lowest BCUT2D eigenvalue weighted by Gasteiger charge is -2.24. The van der Waals surface area contributed by atoms with Crippen LogP contribution in [0.25, 0.3) is 0 Å². The number of hydrogen-bond donors (Lipinski definition) is 1. The van der Waals surface area contributed by atoms with Gasteiger partial charge in [-0.15, -0.1) is 11.6 Å². The summed E-state index contributed by atoms with van der Waals surface area (Å²) in [5.41, 5.74) is 0.833. The first-order valence-electron chi connectivity index (χ1n) is 6.37. The van der Waals surface area contributed by atoms with Crippen LogP contribution in [0.5, 0.6) is 0 Å². The Morgan fingerprint density at radius 1 is 1.33 bits per heavy atom. The number of benzene rings is 1. The Morgan fingerprint density at radius 2 is 2.06 bits per heavy atom. The van der Waals surface area contributed by atoms with Gasteiger partial charge in [0.15, 0.2) is 0 Å². The molecule has 0 spiro atoms. The van der Waals surface area contributed by atoms with Crippen molar-refractivity contribution in [2.75, 3.05) is 0 Å². The quantitative estimate of drug-likeness (QED) is 0.828. The van der Waals surface area contributed by atoms with Crippen LogP contribution in [-0.4, -0.2) is 11.9 Å². The van der Waals surface area contributed by atoms with Gasteiger partial charge in [0.25, 0.3) is 0 Å². The lowest BCUT2D eigenvalue weighted by atomic mass is 9.95. The monoisotopic (exact) mass is 329 g/mol. The fraction of sp³-hybridized carbons (Fsp3) is 0.500. The van der Waals surface area contributed by atoms with Crippen LogP contribution in [0.3, 0.4) is 0 Å². The second kappa shape index (κ2) is 6.58. The molecule has 0 heterocycles. The molecule has 0 aromatic heterocycles. The van der Waals surface area contributed by atoms with E-state index in [1.165, 1.54) is 19.3 Å². The molecule has 1 aliphatic rings. The van der Waals surface area contributed by atoms with Crippen LogP contribution >= 0.6 is 27.5 Å². The van der Waals surface area contributed by atoms with Gasteiger partial charge >= 0.3 is 0 Å². The van der Waals surface area contributed by atoms with Crippen molar-refractivity contribution in [2.45, 2.75) is 43.5 Å². The van der Waals surface area contributed by atoms with Gasteiger partial charge in [0, 0.05) is 10.5 Å². The van der Waals surface area contributed by atoms with Gasteiger partial charge in [0.05, 0.1) is 0 Å². The Labute approximate surface area is 121 Å². The number of hydrogen-bond acceptors (Lipinski definition) is 1. The summed E-state index contributed by atoms with van der Waals surface area (Å²) in [4.78, 5) is 12.1. The molecule has 2 rings (SSSR count). The largest absolute Gasteiger partial charge is 0.352 e. The van der Waals surface area contributed by atoms with E-state index in [9.17, 15) is 4.79 Å². The van der Waals surface area contributed by atoms with Crippen molar-refractivity contribution in [2.24, 2.45) is 0 Å². The first-order valence-corrected chi connectivity index (χ1v) is 7.59. The Morgan fingerprint density at radius 3 is 2.72 bits per heavy atom. The summed E-state index contributed by atoms with van der Waals surface area (Å²) in [5.74, 6) is -0.0818. The molecule has 98 valence electrons. The van der Waals surface area contributed by atoms with Crippen LogP contribution in [0, 0.1) is 0 Å². The summed E-state index contributed by atoms with van der Waals surface area (Å²) < 4.78 is 0.941. The summed E-state index contributed by atoms with van der Waals surface area (Å²) in [6.07, 6.45) is 5.84. The summed E-state index contributed by atoms with van der Waals surface area (Å²) in [5, 5.41) is 2.44. The average Bonchev–Trinajstić information content (AvgIpc) is 2.39. The molecule has 0 bridgehead atoms. The second-order valence-electron chi connectivity index (χ2n) is 4.76. The third kappa shape index (κ3) is 3.72. The first-order chi connectivity index (χ1) is 8.66. The summed E-state index contributed by atoms with van der Waals surface area (Å²) >= 11 is 9.60. The highest BCUT2D eigenvalue weighted by molar-refractivity contribution is 9.10. The normalized spacial score (nSPS) is 18.3. The fourth-order valence-corrected chi connectivity index (χ4v) is 2.95. The van der Waals surface area contributed by atoms with Gasteiger partial charge in [-0.05, 0) is 30.5 Å². The minimum atomic E-state index is -0.607. The summed E-state index contributed by atoms with van der Waals surface area (Å²) in [6, 6.07) is 7.88. The van der Waals surface area contributed by atoms with Gasteiger partial charge in [0.2, 0.25) is 5.91 Å². The Bertz CT molecular complexity index is 418. The van der Waals surface area contributed by atoms with Crippen LogP contribution < -0.4 is 5.32 Å². The van der Waals surface area contributed by atoms with E-state index in [0.29, 0.717) is 6.04 Å². The van der Waals surface area contributed by atoms with Crippen LogP contribution in [0.2, 0.25) is 0 Å². The highest BCUT2D eigenvalue weighted by Crippen LogP contribution is 2.25. The summed E-state index contributed by atoms with van der Waals surface area (Å²) in [6.45, 7) is 0. The standard InChI is InChI=1S/C14H17BrClNO/c15-11-6-4-5-10(9-11)13(16)14(18)17-12-7-2-1-3-8-12/h4-6,9,12-13H,1-3,7-8H2,(H,17,18). The highest BCUT2D eigenvalue weighted by atomic mass is 79.9. The number of halogens is 2. The number of carbonyl (C=O) groups is 1. The molecule has 2 nitrogen and oxygen atoms in total. The Hall–Kier alpha value is -0.540. The molecule has 1 fully saturated rings. The van der Waals surface area contributed by atoms with Gasteiger partial charge < -0.3 is 5.32 Å².